The third kappa shape index (κ3) is 6.04. The van der Waals surface area contributed by atoms with E-state index in [4.69, 9.17) is 0 Å². The lowest BCUT2D eigenvalue weighted by Crippen LogP contribution is -2.50. The van der Waals surface area contributed by atoms with Gasteiger partial charge in [0.1, 0.15) is 0 Å². The summed E-state index contributed by atoms with van der Waals surface area (Å²) in [6, 6.07) is 8.80. The van der Waals surface area contributed by atoms with E-state index in [0.717, 1.165) is 52.0 Å². The Hall–Kier alpha value is -1.92. The molecule has 1 aliphatic heterocycles. The number of nitrogens with one attached hydrogen (secondary N) is 2. The van der Waals surface area contributed by atoms with E-state index < -0.39 is 0 Å². The van der Waals surface area contributed by atoms with Crippen LogP contribution in [0.4, 0.5) is 0 Å². The zero-order valence-corrected chi connectivity index (χ0v) is 17.2. The van der Waals surface area contributed by atoms with Gasteiger partial charge in [-0.15, -0.1) is 0 Å². The maximum absolute atomic E-state index is 12.5. The van der Waals surface area contributed by atoms with E-state index in [1.165, 1.54) is 11.1 Å². The average Bonchev–Trinajstić information content (AvgIpc) is 2.67. The van der Waals surface area contributed by atoms with Crippen LogP contribution < -0.4 is 10.6 Å². The number of rotatable bonds is 7. The number of hydrogen-bond acceptors (Lipinski definition) is 4. The van der Waals surface area contributed by atoms with Crippen molar-refractivity contribution in [3.63, 3.8) is 0 Å². The first-order valence-corrected chi connectivity index (χ1v) is 10.6. The van der Waals surface area contributed by atoms with E-state index in [2.05, 4.69) is 44.7 Å². The lowest BCUT2D eigenvalue weighted by Gasteiger charge is -2.34. The van der Waals surface area contributed by atoms with Crippen LogP contribution in [-0.2, 0) is 16.0 Å². The highest BCUT2D eigenvalue weighted by Gasteiger charge is 2.23. The smallest absolute Gasteiger partial charge is 0.234 e. The maximum atomic E-state index is 12.5. The molecule has 0 saturated carbocycles. The number of carbonyl (C=O) groups excluding carboxylic acids is 2. The van der Waals surface area contributed by atoms with Crippen molar-refractivity contribution >= 4 is 11.8 Å². The van der Waals surface area contributed by atoms with Crippen molar-refractivity contribution in [2.45, 2.75) is 51.6 Å². The van der Waals surface area contributed by atoms with Crippen molar-refractivity contribution in [3.8, 4) is 0 Å². The summed E-state index contributed by atoms with van der Waals surface area (Å²) in [6.45, 7) is 8.79. The molecule has 1 unspecified atom stereocenters. The second-order valence-corrected chi connectivity index (χ2v) is 8.30. The summed E-state index contributed by atoms with van der Waals surface area (Å²) in [5, 5.41) is 6.18. The van der Waals surface area contributed by atoms with E-state index in [1.807, 2.05) is 13.8 Å². The number of piperazine rings is 1. The largest absolute Gasteiger partial charge is 0.353 e. The lowest BCUT2D eigenvalue weighted by molar-refractivity contribution is -0.123. The van der Waals surface area contributed by atoms with Gasteiger partial charge >= 0.3 is 0 Å². The van der Waals surface area contributed by atoms with Crippen LogP contribution in [0.15, 0.2) is 24.3 Å². The standard InChI is InChI=1S/C22H34N4O2/c1-17(2)23-22(28)16-26-14-12-25(13-15-26)11-10-21(27)24-20-9-5-7-18-6-3-4-8-19(18)20/h3-4,6,8,17,20H,5,7,9-16H2,1-2H3,(H,23,28)(H,24,27). The van der Waals surface area contributed by atoms with Gasteiger partial charge in [-0.3, -0.25) is 14.5 Å². The lowest BCUT2D eigenvalue weighted by atomic mass is 9.87. The van der Waals surface area contributed by atoms with Crippen LogP contribution in [0.3, 0.4) is 0 Å². The van der Waals surface area contributed by atoms with Gasteiger partial charge in [0.2, 0.25) is 11.8 Å². The van der Waals surface area contributed by atoms with Crippen LogP contribution in [0.2, 0.25) is 0 Å². The Morgan fingerprint density at radius 1 is 1.07 bits per heavy atom. The van der Waals surface area contributed by atoms with Gasteiger partial charge in [0.05, 0.1) is 12.6 Å². The average molecular weight is 387 g/mol. The molecule has 28 heavy (non-hydrogen) atoms. The van der Waals surface area contributed by atoms with Gasteiger partial charge in [0.25, 0.3) is 0 Å². The number of amides is 2. The van der Waals surface area contributed by atoms with Crippen molar-refractivity contribution < 1.29 is 9.59 Å². The van der Waals surface area contributed by atoms with Crippen molar-refractivity contribution in [2.75, 3.05) is 39.3 Å². The van der Waals surface area contributed by atoms with Gasteiger partial charge in [0, 0.05) is 45.2 Å². The van der Waals surface area contributed by atoms with Gasteiger partial charge in [-0.05, 0) is 44.2 Å². The first-order valence-electron chi connectivity index (χ1n) is 10.6. The van der Waals surface area contributed by atoms with Crippen LogP contribution in [0, 0.1) is 0 Å². The third-order valence-electron chi connectivity index (χ3n) is 5.64. The number of fused-ring (bicyclic) bond motifs is 1. The molecule has 2 N–H and O–H groups in total. The summed E-state index contributed by atoms with van der Waals surface area (Å²) in [7, 11) is 0. The highest BCUT2D eigenvalue weighted by atomic mass is 16.2. The second kappa shape index (κ2) is 10.0. The normalized spacial score (nSPS) is 20.6. The third-order valence-corrected chi connectivity index (χ3v) is 5.64. The molecule has 0 radical (unpaired) electrons. The molecule has 1 fully saturated rings. The highest BCUT2D eigenvalue weighted by Crippen LogP contribution is 2.29. The minimum absolute atomic E-state index is 0.0931. The van der Waals surface area contributed by atoms with Gasteiger partial charge in [-0.1, -0.05) is 24.3 Å². The number of aryl methyl sites for hydroxylation is 1. The van der Waals surface area contributed by atoms with E-state index in [0.29, 0.717) is 13.0 Å². The first kappa shape index (κ1) is 20.8. The van der Waals surface area contributed by atoms with E-state index in [9.17, 15) is 9.59 Å². The summed E-state index contributed by atoms with van der Waals surface area (Å²) in [5.41, 5.74) is 2.66. The Labute approximate surface area is 168 Å². The van der Waals surface area contributed by atoms with Gasteiger partial charge in [0.15, 0.2) is 0 Å². The van der Waals surface area contributed by atoms with Crippen LogP contribution in [-0.4, -0.2) is 66.9 Å². The summed E-state index contributed by atoms with van der Waals surface area (Å²) < 4.78 is 0. The molecule has 2 aliphatic rings. The van der Waals surface area contributed by atoms with Crippen molar-refractivity contribution in [1.82, 2.24) is 20.4 Å². The minimum Gasteiger partial charge on any atom is -0.353 e. The summed E-state index contributed by atoms with van der Waals surface area (Å²) in [6.07, 6.45) is 3.81. The quantitative estimate of drug-likeness (QED) is 0.749. The fourth-order valence-electron chi connectivity index (χ4n) is 4.17. The minimum atomic E-state index is 0.0931. The number of hydrogen-bond donors (Lipinski definition) is 2. The molecule has 1 aromatic carbocycles. The fourth-order valence-corrected chi connectivity index (χ4v) is 4.17. The van der Waals surface area contributed by atoms with E-state index in [1.54, 1.807) is 0 Å². The molecule has 2 amide bonds. The Morgan fingerprint density at radius 2 is 1.79 bits per heavy atom. The Morgan fingerprint density at radius 3 is 2.54 bits per heavy atom. The maximum Gasteiger partial charge on any atom is 0.234 e. The van der Waals surface area contributed by atoms with Crippen molar-refractivity contribution in [1.29, 1.82) is 0 Å². The Kier molecular flexibility index (Phi) is 7.45. The molecular formula is C22H34N4O2. The monoisotopic (exact) mass is 386 g/mol. The van der Waals surface area contributed by atoms with Crippen LogP contribution in [0.1, 0.15) is 50.3 Å². The first-order chi connectivity index (χ1) is 13.5. The molecule has 1 aliphatic carbocycles. The van der Waals surface area contributed by atoms with Gasteiger partial charge in [-0.2, -0.15) is 0 Å². The highest BCUT2D eigenvalue weighted by molar-refractivity contribution is 5.78. The molecule has 1 aromatic rings. The molecule has 0 bridgehead atoms. The number of nitrogens with zero attached hydrogens (tertiary/aromatic N) is 2. The molecule has 6 nitrogen and oxygen atoms in total. The fraction of sp³-hybridized carbons (Fsp3) is 0.636. The Bertz CT molecular complexity index is 668. The molecule has 6 heteroatoms. The summed E-state index contributed by atoms with van der Waals surface area (Å²) in [4.78, 5) is 28.9. The number of benzene rings is 1. The van der Waals surface area contributed by atoms with Crippen LogP contribution in [0.25, 0.3) is 0 Å². The molecule has 1 saturated heterocycles. The molecule has 3 rings (SSSR count). The van der Waals surface area contributed by atoms with E-state index >= 15 is 0 Å². The van der Waals surface area contributed by atoms with Crippen molar-refractivity contribution in [3.05, 3.63) is 35.4 Å². The molecule has 154 valence electrons. The zero-order chi connectivity index (χ0) is 19.9. The molecule has 0 aromatic heterocycles. The topological polar surface area (TPSA) is 64.7 Å². The predicted octanol–water partition coefficient (Wildman–Crippen LogP) is 1.71. The predicted molar refractivity (Wildman–Crippen MR) is 111 cm³/mol. The van der Waals surface area contributed by atoms with Crippen LogP contribution >= 0.6 is 0 Å². The Balaban J connectivity index is 1.37. The molecular weight excluding hydrogens is 352 g/mol. The van der Waals surface area contributed by atoms with Crippen molar-refractivity contribution in [2.24, 2.45) is 0 Å². The van der Waals surface area contributed by atoms with E-state index in [-0.39, 0.29) is 23.9 Å². The van der Waals surface area contributed by atoms with Gasteiger partial charge in [-0.25, -0.2) is 0 Å². The van der Waals surface area contributed by atoms with Crippen LogP contribution in [0.5, 0.6) is 0 Å². The van der Waals surface area contributed by atoms with Gasteiger partial charge < -0.3 is 15.5 Å². The summed E-state index contributed by atoms with van der Waals surface area (Å²) in [5.74, 6) is 0.232. The second-order valence-electron chi connectivity index (χ2n) is 8.30. The molecule has 0 spiro atoms. The SMILES string of the molecule is CC(C)NC(=O)CN1CCN(CCC(=O)NC2CCCc3ccccc32)CC1. The number of carbonyl (C=O) groups is 2. The summed E-state index contributed by atoms with van der Waals surface area (Å²) >= 11 is 0. The molecule has 1 heterocycles. The zero-order valence-electron chi connectivity index (χ0n) is 17.2. The molecule has 1 atom stereocenters.